The molecule has 1 saturated carbocycles. The number of nitrogens with zero attached hydrogens (tertiary/aromatic N) is 3. The van der Waals surface area contributed by atoms with Gasteiger partial charge in [0.15, 0.2) is 0 Å². The van der Waals surface area contributed by atoms with Crippen molar-refractivity contribution in [2.45, 2.75) is 38.8 Å². The third-order valence-electron chi connectivity index (χ3n) is 5.22. The summed E-state index contributed by atoms with van der Waals surface area (Å²) in [6, 6.07) is 12.0. The second-order valence-electron chi connectivity index (χ2n) is 7.22. The fourth-order valence-corrected chi connectivity index (χ4v) is 3.55. The van der Waals surface area contributed by atoms with Crippen molar-refractivity contribution < 1.29 is 9.59 Å². The lowest BCUT2D eigenvalue weighted by Gasteiger charge is -2.25. The average molecular weight is 349 g/mol. The lowest BCUT2D eigenvalue weighted by molar-refractivity contribution is -0.140. The fraction of sp³-hybridized carbons (Fsp3) is 0.381. The predicted molar refractivity (Wildman–Crippen MR) is 99.4 cm³/mol. The summed E-state index contributed by atoms with van der Waals surface area (Å²) in [4.78, 5) is 33.7. The van der Waals surface area contributed by atoms with Gasteiger partial charge in [-0.15, -0.1) is 0 Å². The van der Waals surface area contributed by atoms with Crippen LogP contribution in [0, 0.1) is 12.8 Å². The first kappa shape index (κ1) is 16.8. The van der Waals surface area contributed by atoms with Crippen LogP contribution < -0.4 is 4.90 Å². The zero-order chi connectivity index (χ0) is 18.1. The van der Waals surface area contributed by atoms with E-state index in [2.05, 4.69) is 4.98 Å². The van der Waals surface area contributed by atoms with E-state index in [9.17, 15) is 9.59 Å². The highest BCUT2D eigenvalue weighted by Crippen LogP contribution is 2.33. The van der Waals surface area contributed by atoms with E-state index < -0.39 is 5.92 Å². The Kier molecular flexibility index (Phi) is 4.45. The van der Waals surface area contributed by atoms with Crippen molar-refractivity contribution in [2.24, 2.45) is 5.92 Å². The summed E-state index contributed by atoms with van der Waals surface area (Å²) in [5, 5.41) is 0. The molecule has 0 spiro atoms. The lowest BCUT2D eigenvalue weighted by atomic mass is 10.1. The molecule has 0 N–H and O–H groups in total. The van der Waals surface area contributed by atoms with Crippen LogP contribution in [0.3, 0.4) is 0 Å². The van der Waals surface area contributed by atoms with Crippen molar-refractivity contribution in [3.05, 3.63) is 59.9 Å². The highest BCUT2D eigenvalue weighted by Gasteiger charge is 2.43. The van der Waals surface area contributed by atoms with Crippen LogP contribution in [-0.4, -0.2) is 34.3 Å². The van der Waals surface area contributed by atoms with Crippen LogP contribution in [-0.2, 0) is 16.1 Å². The molecule has 1 aromatic carbocycles. The number of aryl methyl sites for hydroxylation is 1. The molecule has 4 rings (SSSR count). The first-order valence-electron chi connectivity index (χ1n) is 9.21. The minimum Gasteiger partial charge on any atom is -0.335 e. The van der Waals surface area contributed by atoms with Crippen molar-refractivity contribution in [2.75, 3.05) is 11.4 Å². The molecule has 5 nitrogen and oxygen atoms in total. The number of amides is 2. The van der Waals surface area contributed by atoms with Crippen molar-refractivity contribution >= 4 is 17.5 Å². The number of rotatable bonds is 5. The molecular formula is C21H23N3O2. The second kappa shape index (κ2) is 6.90. The van der Waals surface area contributed by atoms with Gasteiger partial charge in [0.25, 0.3) is 0 Å². The molecule has 5 heteroatoms. The van der Waals surface area contributed by atoms with Crippen molar-refractivity contribution in [3.63, 3.8) is 0 Å². The zero-order valence-corrected chi connectivity index (χ0v) is 15.0. The Balaban J connectivity index is 1.50. The monoisotopic (exact) mass is 349 g/mol. The van der Waals surface area contributed by atoms with Crippen LogP contribution in [0.5, 0.6) is 0 Å². The van der Waals surface area contributed by atoms with E-state index in [0.29, 0.717) is 19.5 Å². The summed E-state index contributed by atoms with van der Waals surface area (Å²) in [6.45, 7) is 3.18. The van der Waals surface area contributed by atoms with E-state index in [1.165, 1.54) is 0 Å². The molecule has 1 aliphatic heterocycles. The Morgan fingerprint density at radius 3 is 2.46 bits per heavy atom. The lowest BCUT2D eigenvalue weighted by Crippen LogP contribution is -2.41. The fourth-order valence-electron chi connectivity index (χ4n) is 3.55. The molecule has 2 heterocycles. The molecule has 0 unspecified atom stereocenters. The summed E-state index contributed by atoms with van der Waals surface area (Å²) < 4.78 is 0. The average Bonchev–Trinajstić information content (AvgIpc) is 3.43. The van der Waals surface area contributed by atoms with E-state index in [1.807, 2.05) is 48.2 Å². The molecule has 1 atom stereocenters. The predicted octanol–water partition coefficient (Wildman–Crippen LogP) is 2.93. The summed E-state index contributed by atoms with van der Waals surface area (Å²) >= 11 is 0. The minimum absolute atomic E-state index is 0.0241. The van der Waals surface area contributed by atoms with Crippen molar-refractivity contribution in [1.82, 2.24) is 9.88 Å². The van der Waals surface area contributed by atoms with Crippen LogP contribution in [0.1, 0.15) is 30.4 Å². The van der Waals surface area contributed by atoms with Crippen LogP contribution in [0.25, 0.3) is 0 Å². The van der Waals surface area contributed by atoms with Gasteiger partial charge in [-0.25, -0.2) is 0 Å². The molecule has 0 bridgehead atoms. The maximum atomic E-state index is 13.1. The van der Waals surface area contributed by atoms with Crippen LogP contribution >= 0.6 is 0 Å². The van der Waals surface area contributed by atoms with Gasteiger partial charge in [0.2, 0.25) is 11.8 Å². The van der Waals surface area contributed by atoms with E-state index >= 15 is 0 Å². The standard InChI is InChI=1S/C21H23N3O2/c1-15-2-4-17(5-3-15)23-13-10-19(20(23)25)21(26)24(18-6-7-18)14-16-8-11-22-12-9-16/h2-5,8-9,11-12,18-19H,6-7,10,13-14H2,1H3/t19-/m0/s1. The molecule has 134 valence electrons. The number of carbonyl (C=O) groups is 2. The Morgan fingerprint density at radius 1 is 1.12 bits per heavy atom. The van der Waals surface area contributed by atoms with Gasteiger partial charge in [0.1, 0.15) is 5.92 Å². The van der Waals surface area contributed by atoms with Gasteiger partial charge in [0, 0.05) is 37.2 Å². The van der Waals surface area contributed by atoms with Crippen LogP contribution in [0.2, 0.25) is 0 Å². The number of anilines is 1. The Labute approximate surface area is 153 Å². The molecule has 2 fully saturated rings. The summed E-state index contributed by atoms with van der Waals surface area (Å²) in [5.41, 5.74) is 3.09. The number of pyridine rings is 1. The van der Waals surface area contributed by atoms with Crippen molar-refractivity contribution in [1.29, 1.82) is 0 Å². The molecule has 2 aromatic rings. The largest absolute Gasteiger partial charge is 0.335 e. The van der Waals surface area contributed by atoms with E-state index in [0.717, 1.165) is 29.7 Å². The molecular weight excluding hydrogens is 326 g/mol. The van der Waals surface area contributed by atoms with Gasteiger partial charge < -0.3 is 9.80 Å². The molecule has 0 radical (unpaired) electrons. The quantitative estimate of drug-likeness (QED) is 0.780. The minimum atomic E-state index is -0.557. The van der Waals surface area contributed by atoms with Crippen LogP contribution in [0.15, 0.2) is 48.8 Å². The summed E-state index contributed by atoms with van der Waals surface area (Å²) in [5.74, 6) is -0.651. The Bertz CT molecular complexity index is 800. The summed E-state index contributed by atoms with van der Waals surface area (Å²) in [7, 11) is 0. The Morgan fingerprint density at radius 2 is 1.81 bits per heavy atom. The highest BCUT2D eigenvalue weighted by molar-refractivity contribution is 6.09. The van der Waals surface area contributed by atoms with E-state index in [4.69, 9.17) is 0 Å². The second-order valence-corrected chi connectivity index (χ2v) is 7.22. The molecule has 2 aliphatic rings. The molecule has 1 saturated heterocycles. The number of aromatic nitrogens is 1. The van der Waals surface area contributed by atoms with E-state index in [-0.39, 0.29) is 17.9 Å². The van der Waals surface area contributed by atoms with Gasteiger partial charge in [-0.05, 0) is 56.0 Å². The number of hydrogen-bond donors (Lipinski definition) is 0. The number of carbonyl (C=O) groups excluding carboxylic acids is 2. The number of benzene rings is 1. The van der Waals surface area contributed by atoms with Gasteiger partial charge >= 0.3 is 0 Å². The summed E-state index contributed by atoms with van der Waals surface area (Å²) in [6.07, 6.45) is 6.12. The molecule has 26 heavy (non-hydrogen) atoms. The first-order valence-corrected chi connectivity index (χ1v) is 9.21. The maximum Gasteiger partial charge on any atom is 0.239 e. The smallest absolute Gasteiger partial charge is 0.239 e. The third kappa shape index (κ3) is 3.34. The maximum absolute atomic E-state index is 13.1. The molecule has 1 aliphatic carbocycles. The van der Waals surface area contributed by atoms with Gasteiger partial charge in [-0.1, -0.05) is 17.7 Å². The molecule has 1 aromatic heterocycles. The van der Waals surface area contributed by atoms with Gasteiger partial charge in [-0.3, -0.25) is 14.6 Å². The van der Waals surface area contributed by atoms with Gasteiger partial charge in [-0.2, -0.15) is 0 Å². The van der Waals surface area contributed by atoms with Crippen LogP contribution in [0.4, 0.5) is 5.69 Å². The van der Waals surface area contributed by atoms with Crippen molar-refractivity contribution in [3.8, 4) is 0 Å². The topological polar surface area (TPSA) is 53.5 Å². The Hall–Kier alpha value is -2.69. The normalized spacial score (nSPS) is 19.7. The van der Waals surface area contributed by atoms with E-state index in [1.54, 1.807) is 17.3 Å². The third-order valence-corrected chi connectivity index (χ3v) is 5.22. The SMILES string of the molecule is Cc1ccc(N2CC[C@H](C(=O)N(Cc3ccncc3)C3CC3)C2=O)cc1. The highest BCUT2D eigenvalue weighted by atomic mass is 16.2. The zero-order valence-electron chi connectivity index (χ0n) is 15.0. The molecule has 2 amide bonds. The number of hydrogen-bond acceptors (Lipinski definition) is 3. The first-order chi connectivity index (χ1) is 12.6. The van der Waals surface area contributed by atoms with Gasteiger partial charge in [0.05, 0.1) is 0 Å².